The van der Waals surface area contributed by atoms with Gasteiger partial charge in [0.25, 0.3) is 0 Å². The number of hydrogen-bond acceptors (Lipinski definition) is 4. The van der Waals surface area contributed by atoms with Crippen molar-refractivity contribution in [1.82, 2.24) is 4.98 Å². The first kappa shape index (κ1) is 32.1. The Bertz CT molecular complexity index is 1300. The van der Waals surface area contributed by atoms with E-state index in [1.165, 1.54) is 36.9 Å². The molecule has 228 valence electrons. The first-order valence-corrected chi connectivity index (χ1v) is 16.5. The highest BCUT2D eigenvalue weighted by atomic mass is 16.5. The molecule has 4 heteroatoms. The Hall–Kier alpha value is -3.79. The molecule has 4 rings (SSSR count). The molecule has 0 aliphatic rings. The third-order valence-electron chi connectivity index (χ3n) is 7.79. The van der Waals surface area contributed by atoms with Crippen molar-refractivity contribution in [3.63, 3.8) is 0 Å². The van der Waals surface area contributed by atoms with Crippen molar-refractivity contribution in [1.29, 1.82) is 0 Å². The Morgan fingerprint density at radius 3 is 1.47 bits per heavy atom. The largest absolute Gasteiger partial charge is 0.493 e. The minimum atomic E-state index is 0.697. The number of benzene rings is 3. The zero-order valence-electron chi connectivity index (χ0n) is 26.8. The van der Waals surface area contributed by atoms with Gasteiger partial charge in [-0.05, 0) is 85.3 Å². The highest BCUT2D eigenvalue weighted by molar-refractivity contribution is 5.80. The summed E-state index contributed by atoms with van der Waals surface area (Å²) in [6, 6.07) is 30.0. The molecular weight excluding hydrogens is 528 g/mol. The van der Waals surface area contributed by atoms with E-state index in [0.29, 0.717) is 13.2 Å². The minimum Gasteiger partial charge on any atom is -0.493 e. The number of rotatable bonds is 18. The Balaban J connectivity index is 1.78. The third-order valence-corrected chi connectivity index (χ3v) is 7.79. The molecule has 0 atom stereocenters. The maximum absolute atomic E-state index is 6.25. The van der Waals surface area contributed by atoms with Gasteiger partial charge in [-0.25, -0.2) is 4.98 Å². The molecule has 0 saturated carbocycles. The minimum absolute atomic E-state index is 0.697. The SMILES string of the molecule is CCCCOc1ccccc1-c1cc(-c2ccc(N(CCCC)CCCC)cc2)cc(-c2ccccc2OCCCC)n1. The van der Waals surface area contributed by atoms with Gasteiger partial charge in [0.2, 0.25) is 0 Å². The van der Waals surface area contributed by atoms with E-state index in [1.807, 2.05) is 12.1 Å². The summed E-state index contributed by atoms with van der Waals surface area (Å²) in [5, 5.41) is 0. The van der Waals surface area contributed by atoms with E-state index in [9.17, 15) is 0 Å². The molecule has 0 saturated heterocycles. The van der Waals surface area contributed by atoms with E-state index in [-0.39, 0.29) is 0 Å². The molecular formula is C39H50N2O2. The molecule has 4 aromatic rings. The van der Waals surface area contributed by atoms with E-state index in [2.05, 4.69) is 105 Å². The molecule has 1 aromatic heterocycles. The number of para-hydroxylation sites is 2. The molecule has 0 bridgehead atoms. The lowest BCUT2D eigenvalue weighted by Gasteiger charge is -2.25. The topological polar surface area (TPSA) is 34.6 Å². The second-order valence-electron chi connectivity index (χ2n) is 11.3. The summed E-state index contributed by atoms with van der Waals surface area (Å²) in [7, 11) is 0. The smallest absolute Gasteiger partial charge is 0.128 e. The second-order valence-corrected chi connectivity index (χ2v) is 11.3. The van der Waals surface area contributed by atoms with Crippen LogP contribution in [0.25, 0.3) is 33.6 Å². The summed E-state index contributed by atoms with van der Waals surface area (Å²) >= 11 is 0. The molecule has 0 aliphatic carbocycles. The molecule has 0 N–H and O–H groups in total. The predicted molar refractivity (Wildman–Crippen MR) is 183 cm³/mol. The van der Waals surface area contributed by atoms with Gasteiger partial charge >= 0.3 is 0 Å². The normalized spacial score (nSPS) is 11.0. The fourth-order valence-electron chi connectivity index (χ4n) is 5.17. The highest BCUT2D eigenvalue weighted by Gasteiger charge is 2.15. The first-order valence-electron chi connectivity index (χ1n) is 16.5. The van der Waals surface area contributed by atoms with Crippen LogP contribution in [-0.2, 0) is 0 Å². The van der Waals surface area contributed by atoms with Crippen LogP contribution in [0.3, 0.4) is 0 Å². The van der Waals surface area contributed by atoms with Gasteiger partial charge in [0.15, 0.2) is 0 Å². The van der Waals surface area contributed by atoms with E-state index in [1.54, 1.807) is 0 Å². The van der Waals surface area contributed by atoms with Crippen LogP contribution in [0, 0.1) is 0 Å². The van der Waals surface area contributed by atoms with E-state index in [0.717, 1.165) is 78.4 Å². The Kier molecular flexibility index (Phi) is 13.0. The number of unbranched alkanes of at least 4 members (excludes halogenated alkanes) is 4. The van der Waals surface area contributed by atoms with E-state index in [4.69, 9.17) is 14.5 Å². The summed E-state index contributed by atoms with van der Waals surface area (Å²) in [6.07, 6.45) is 9.07. The lowest BCUT2D eigenvalue weighted by atomic mass is 9.99. The van der Waals surface area contributed by atoms with Crippen molar-refractivity contribution in [3.8, 4) is 45.1 Å². The molecule has 0 unspecified atom stereocenters. The summed E-state index contributed by atoms with van der Waals surface area (Å²) in [6.45, 7) is 12.5. The average molecular weight is 579 g/mol. The van der Waals surface area contributed by atoms with Gasteiger partial charge in [0.05, 0.1) is 24.6 Å². The number of aromatic nitrogens is 1. The lowest BCUT2D eigenvalue weighted by Crippen LogP contribution is -2.25. The molecule has 0 aliphatic heterocycles. The van der Waals surface area contributed by atoms with Crippen molar-refractivity contribution in [2.75, 3.05) is 31.2 Å². The van der Waals surface area contributed by atoms with Crippen molar-refractivity contribution < 1.29 is 9.47 Å². The molecule has 43 heavy (non-hydrogen) atoms. The molecule has 4 nitrogen and oxygen atoms in total. The van der Waals surface area contributed by atoms with Crippen LogP contribution < -0.4 is 14.4 Å². The van der Waals surface area contributed by atoms with Crippen LogP contribution in [0.5, 0.6) is 11.5 Å². The van der Waals surface area contributed by atoms with Crippen LogP contribution >= 0.6 is 0 Å². The van der Waals surface area contributed by atoms with E-state index >= 15 is 0 Å². The maximum Gasteiger partial charge on any atom is 0.128 e. The van der Waals surface area contributed by atoms with Gasteiger partial charge in [-0.2, -0.15) is 0 Å². The quantitative estimate of drug-likeness (QED) is 0.110. The van der Waals surface area contributed by atoms with E-state index < -0.39 is 0 Å². The monoisotopic (exact) mass is 578 g/mol. The number of pyridine rings is 1. The fourth-order valence-corrected chi connectivity index (χ4v) is 5.17. The van der Waals surface area contributed by atoms with Gasteiger partial charge in [-0.3, -0.25) is 0 Å². The average Bonchev–Trinajstić information content (AvgIpc) is 3.05. The summed E-state index contributed by atoms with van der Waals surface area (Å²) in [5.74, 6) is 1.74. The molecule has 0 radical (unpaired) electrons. The van der Waals surface area contributed by atoms with Crippen LogP contribution in [0.4, 0.5) is 5.69 Å². The predicted octanol–water partition coefficient (Wildman–Crippen LogP) is 10.8. The fraction of sp³-hybridized carbons (Fsp3) is 0.410. The number of ether oxygens (including phenoxy) is 2. The van der Waals surface area contributed by atoms with Crippen LogP contribution in [0.1, 0.15) is 79.1 Å². The van der Waals surface area contributed by atoms with Gasteiger partial charge in [-0.15, -0.1) is 0 Å². The van der Waals surface area contributed by atoms with Crippen molar-refractivity contribution in [3.05, 3.63) is 84.9 Å². The zero-order valence-corrected chi connectivity index (χ0v) is 26.8. The highest BCUT2D eigenvalue weighted by Crippen LogP contribution is 2.37. The third kappa shape index (κ3) is 9.10. The maximum atomic E-state index is 6.25. The number of anilines is 1. The van der Waals surface area contributed by atoms with Gasteiger partial charge in [0, 0.05) is 29.9 Å². The standard InChI is InChI=1S/C39H50N2O2/c1-5-9-25-41(26-10-6-2)33-23-21-31(22-24-33)32-29-36(34-17-13-15-19-38(34)42-27-11-7-3)40-37(30-32)35-18-14-16-20-39(35)43-28-12-8-4/h13-24,29-30H,5-12,25-28H2,1-4H3. The summed E-state index contributed by atoms with van der Waals surface area (Å²) in [4.78, 5) is 7.76. The molecule has 0 spiro atoms. The van der Waals surface area contributed by atoms with Crippen molar-refractivity contribution in [2.45, 2.75) is 79.1 Å². The van der Waals surface area contributed by atoms with Crippen LogP contribution in [0.2, 0.25) is 0 Å². The molecule has 3 aromatic carbocycles. The van der Waals surface area contributed by atoms with Gasteiger partial charge in [0.1, 0.15) is 11.5 Å². The Labute approximate surface area is 260 Å². The van der Waals surface area contributed by atoms with Gasteiger partial charge in [-0.1, -0.05) is 89.8 Å². The summed E-state index contributed by atoms with van der Waals surface area (Å²) < 4.78 is 12.5. The number of nitrogens with zero attached hydrogens (tertiary/aromatic N) is 2. The second kappa shape index (κ2) is 17.4. The summed E-state index contributed by atoms with van der Waals surface area (Å²) in [5.41, 5.74) is 7.42. The van der Waals surface area contributed by atoms with Gasteiger partial charge < -0.3 is 14.4 Å². The molecule has 1 heterocycles. The lowest BCUT2D eigenvalue weighted by molar-refractivity contribution is 0.310. The Morgan fingerprint density at radius 2 is 1.00 bits per heavy atom. The van der Waals surface area contributed by atoms with Crippen molar-refractivity contribution in [2.24, 2.45) is 0 Å². The Morgan fingerprint density at radius 1 is 0.535 bits per heavy atom. The van der Waals surface area contributed by atoms with Crippen LogP contribution in [0.15, 0.2) is 84.9 Å². The first-order chi connectivity index (χ1) is 21.2. The van der Waals surface area contributed by atoms with Crippen LogP contribution in [-0.4, -0.2) is 31.3 Å². The molecule has 0 amide bonds. The number of hydrogen-bond donors (Lipinski definition) is 0. The zero-order chi connectivity index (χ0) is 30.3. The van der Waals surface area contributed by atoms with Crippen molar-refractivity contribution >= 4 is 5.69 Å². The molecule has 0 fully saturated rings.